The molecule has 1 aromatic heterocycles. The Morgan fingerprint density at radius 3 is 2.65 bits per heavy atom. The van der Waals surface area contributed by atoms with Crippen LogP contribution in [0.4, 0.5) is 0 Å². The molecule has 3 rings (SSSR count). The van der Waals surface area contributed by atoms with Crippen molar-refractivity contribution in [3.05, 3.63) is 52.8 Å². The summed E-state index contributed by atoms with van der Waals surface area (Å²) in [5.74, 6) is 0.132. The Balaban J connectivity index is 1.76. The molecule has 0 bridgehead atoms. The molecule has 4 nitrogen and oxygen atoms in total. The number of carbonyl (C=O) groups excluding carboxylic acids is 1. The van der Waals surface area contributed by atoms with E-state index in [0.29, 0.717) is 12.6 Å². The molecule has 0 atom stereocenters. The number of aromatic nitrogens is 2. The van der Waals surface area contributed by atoms with Crippen LogP contribution in [0.25, 0.3) is 0 Å². The van der Waals surface area contributed by atoms with Gasteiger partial charge in [-0.1, -0.05) is 25.0 Å². The maximum absolute atomic E-state index is 12.7. The lowest BCUT2D eigenvalue weighted by atomic mass is 10.1. The van der Waals surface area contributed by atoms with Crippen LogP contribution in [-0.2, 0) is 6.54 Å². The van der Waals surface area contributed by atoms with Crippen LogP contribution in [0.2, 0.25) is 0 Å². The summed E-state index contributed by atoms with van der Waals surface area (Å²) in [5.41, 5.74) is 4.05. The normalized spacial score (nSPS) is 15.1. The molecule has 1 aromatic carbocycles. The molecule has 1 heterocycles. The predicted molar refractivity (Wildman–Crippen MR) is 91.6 cm³/mol. The van der Waals surface area contributed by atoms with Crippen LogP contribution in [-0.4, -0.2) is 33.7 Å². The van der Waals surface area contributed by atoms with Crippen LogP contribution in [0.1, 0.15) is 53.0 Å². The Bertz CT molecular complexity index is 698. The molecule has 1 fully saturated rings. The number of hydrogen-bond donors (Lipinski definition) is 0. The third-order valence-corrected chi connectivity index (χ3v) is 4.80. The third-order valence-electron chi connectivity index (χ3n) is 4.80. The lowest BCUT2D eigenvalue weighted by molar-refractivity contribution is 0.0735. The largest absolute Gasteiger partial charge is 0.339 e. The highest BCUT2D eigenvalue weighted by molar-refractivity contribution is 5.94. The topological polar surface area (TPSA) is 38.1 Å². The highest BCUT2D eigenvalue weighted by Gasteiger charge is 2.24. The van der Waals surface area contributed by atoms with Gasteiger partial charge in [0, 0.05) is 24.3 Å². The zero-order chi connectivity index (χ0) is 16.4. The fraction of sp³-hybridized carbons (Fsp3) is 0.474. The van der Waals surface area contributed by atoms with Crippen molar-refractivity contribution in [2.45, 2.75) is 52.1 Å². The summed E-state index contributed by atoms with van der Waals surface area (Å²) >= 11 is 0. The van der Waals surface area contributed by atoms with Gasteiger partial charge in [-0.25, -0.2) is 0 Å². The second-order valence-corrected chi connectivity index (χ2v) is 6.64. The van der Waals surface area contributed by atoms with Crippen LogP contribution in [0.5, 0.6) is 0 Å². The molecule has 0 N–H and O–H groups in total. The first-order chi connectivity index (χ1) is 11.0. The lowest BCUT2D eigenvalue weighted by Crippen LogP contribution is -2.35. The molecule has 23 heavy (non-hydrogen) atoms. The van der Waals surface area contributed by atoms with Gasteiger partial charge >= 0.3 is 0 Å². The minimum atomic E-state index is 0.132. The number of benzene rings is 1. The van der Waals surface area contributed by atoms with Gasteiger partial charge in [-0.3, -0.25) is 9.48 Å². The minimum absolute atomic E-state index is 0.132. The van der Waals surface area contributed by atoms with E-state index < -0.39 is 0 Å². The van der Waals surface area contributed by atoms with Gasteiger partial charge in [0.25, 0.3) is 5.91 Å². The van der Waals surface area contributed by atoms with E-state index in [1.807, 2.05) is 41.8 Å². The van der Waals surface area contributed by atoms with Crippen molar-refractivity contribution in [1.82, 2.24) is 14.7 Å². The number of amides is 1. The van der Waals surface area contributed by atoms with Gasteiger partial charge in [-0.15, -0.1) is 0 Å². The highest BCUT2D eigenvalue weighted by atomic mass is 16.2. The van der Waals surface area contributed by atoms with Crippen LogP contribution >= 0.6 is 0 Å². The molecule has 0 saturated heterocycles. The second kappa shape index (κ2) is 6.57. The van der Waals surface area contributed by atoms with Crippen molar-refractivity contribution in [3.8, 4) is 0 Å². The number of aryl methyl sites for hydroxylation is 2. The number of rotatable bonds is 4. The van der Waals surface area contributed by atoms with E-state index in [4.69, 9.17) is 0 Å². The molecule has 1 amide bonds. The summed E-state index contributed by atoms with van der Waals surface area (Å²) in [6.07, 6.45) is 4.74. The predicted octanol–water partition coefficient (Wildman–Crippen LogP) is 3.56. The number of nitrogens with zero attached hydrogens (tertiary/aromatic N) is 3. The molecule has 0 aliphatic heterocycles. The first-order valence-corrected chi connectivity index (χ1v) is 8.42. The lowest BCUT2D eigenvalue weighted by Gasteiger charge is -2.24. The van der Waals surface area contributed by atoms with Gasteiger partial charge in [-0.2, -0.15) is 5.10 Å². The fourth-order valence-electron chi connectivity index (χ4n) is 3.47. The fourth-order valence-corrected chi connectivity index (χ4v) is 3.47. The van der Waals surface area contributed by atoms with Crippen molar-refractivity contribution in [2.24, 2.45) is 0 Å². The Morgan fingerprint density at radius 1 is 1.26 bits per heavy atom. The maximum Gasteiger partial charge on any atom is 0.253 e. The van der Waals surface area contributed by atoms with Gasteiger partial charge in [0.2, 0.25) is 0 Å². The molecule has 1 aliphatic carbocycles. The quantitative estimate of drug-likeness (QED) is 0.866. The van der Waals surface area contributed by atoms with Crippen molar-refractivity contribution >= 4 is 5.91 Å². The SMILES string of the molecule is Cc1cc(C)n(Cc2cccc(C(=O)N(C)C3CCCC3)c2)n1. The van der Waals surface area contributed by atoms with Crippen LogP contribution in [0.15, 0.2) is 30.3 Å². The summed E-state index contributed by atoms with van der Waals surface area (Å²) in [7, 11) is 1.94. The standard InChI is InChI=1S/C19H25N3O/c1-14-11-15(2)22(20-14)13-16-7-6-8-17(12-16)19(23)21(3)18-9-4-5-10-18/h6-8,11-12,18H,4-5,9-10,13H2,1-3H3. The summed E-state index contributed by atoms with van der Waals surface area (Å²) < 4.78 is 1.99. The number of hydrogen-bond acceptors (Lipinski definition) is 2. The van der Waals surface area contributed by atoms with Crippen molar-refractivity contribution in [1.29, 1.82) is 0 Å². The van der Waals surface area contributed by atoms with Crippen molar-refractivity contribution < 1.29 is 4.79 Å². The van der Waals surface area contributed by atoms with Crippen LogP contribution in [0.3, 0.4) is 0 Å². The molecular formula is C19H25N3O. The number of carbonyl (C=O) groups is 1. The summed E-state index contributed by atoms with van der Waals surface area (Å²) in [4.78, 5) is 14.6. The molecule has 0 radical (unpaired) electrons. The van der Waals surface area contributed by atoms with Gasteiger partial charge < -0.3 is 4.90 Å². The third kappa shape index (κ3) is 3.46. The molecular weight excluding hydrogens is 286 g/mol. The minimum Gasteiger partial charge on any atom is -0.339 e. The monoisotopic (exact) mass is 311 g/mol. The van der Waals surface area contributed by atoms with Crippen molar-refractivity contribution in [3.63, 3.8) is 0 Å². The maximum atomic E-state index is 12.7. The Kier molecular flexibility index (Phi) is 4.51. The van der Waals surface area contributed by atoms with Gasteiger partial charge in [-0.05, 0) is 50.5 Å². The highest BCUT2D eigenvalue weighted by Crippen LogP contribution is 2.24. The van der Waals surface area contributed by atoms with Gasteiger partial charge in [0.1, 0.15) is 0 Å². The molecule has 0 spiro atoms. The molecule has 122 valence electrons. The zero-order valence-corrected chi connectivity index (χ0v) is 14.2. The molecule has 4 heteroatoms. The molecule has 2 aromatic rings. The van der Waals surface area contributed by atoms with E-state index >= 15 is 0 Å². The second-order valence-electron chi connectivity index (χ2n) is 6.64. The van der Waals surface area contributed by atoms with E-state index in [0.717, 1.165) is 35.4 Å². The van der Waals surface area contributed by atoms with Gasteiger partial charge in [0.15, 0.2) is 0 Å². The molecule has 1 saturated carbocycles. The van der Waals surface area contributed by atoms with Crippen LogP contribution < -0.4 is 0 Å². The smallest absolute Gasteiger partial charge is 0.253 e. The Hall–Kier alpha value is -2.10. The van der Waals surface area contributed by atoms with E-state index in [1.54, 1.807) is 0 Å². The first kappa shape index (κ1) is 15.8. The zero-order valence-electron chi connectivity index (χ0n) is 14.2. The summed E-state index contributed by atoms with van der Waals surface area (Å²) in [6, 6.07) is 10.4. The van der Waals surface area contributed by atoms with Crippen LogP contribution in [0, 0.1) is 13.8 Å². The Labute approximate surface area is 138 Å². The molecule has 1 aliphatic rings. The average molecular weight is 311 g/mol. The van der Waals surface area contributed by atoms with Crippen molar-refractivity contribution in [2.75, 3.05) is 7.05 Å². The summed E-state index contributed by atoms with van der Waals surface area (Å²) in [5, 5.41) is 4.50. The first-order valence-electron chi connectivity index (χ1n) is 8.42. The van der Waals surface area contributed by atoms with E-state index in [1.165, 1.54) is 12.8 Å². The Morgan fingerprint density at radius 2 is 2.00 bits per heavy atom. The average Bonchev–Trinajstić information content (AvgIpc) is 3.16. The summed E-state index contributed by atoms with van der Waals surface area (Å²) in [6.45, 7) is 4.76. The van der Waals surface area contributed by atoms with E-state index in [-0.39, 0.29) is 5.91 Å². The van der Waals surface area contributed by atoms with E-state index in [2.05, 4.69) is 24.2 Å². The molecule has 0 unspecified atom stereocenters. The van der Waals surface area contributed by atoms with E-state index in [9.17, 15) is 4.79 Å². The van der Waals surface area contributed by atoms with Gasteiger partial charge in [0.05, 0.1) is 12.2 Å².